The summed E-state index contributed by atoms with van der Waals surface area (Å²) in [6.45, 7) is 0. The molecule has 0 saturated carbocycles. The number of carbonyl (C=O) groups is 1. The Balaban J connectivity index is 2.55. The van der Waals surface area contributed by atoms with Gasteiger partial charge in [-0.2, -0.15) is 5.10 Å². The fourth-order valence-corrected chi connectivity index (χ4v) is 1.68. The predicted octanol–water partition coefficient (Wildman–Crippen LogP) is 0.737. The molecule has 0 amide bonds. The summed E-state index contributed by atoms with van der Waals surface area (Å²) in [4.78, 5) is 15.2. The Bertz CT molecular complexity index is 550. The van der Waals surface area contributed by atoms with E-state index in [1.54, 1.807) is 25.2 Å². The molecule has 0 aliphatic heterocycles. The molecule has 0 bridgehead atoms. The summed E-state index contributed by atoms with van der Waals surface area (Å²) in [5.41, 5.74) is 0.302. The monoisotopic (exact) mass is 233 g/mol. The van der Waals surface area contributed by atoms with Crippen molar-refractivity contribution >= 4 is 5.97 Å². The Morgan fingerprint density at radius 3 is 2.65 bits per heavy atom. The second kappa shape index (κ2) is 4.25. The van der Waals surface area contributed by atoms with Crippen molar-refractivity contribution in [3.05, 3.63) is 42.0 Å². The van der Waals surface area contributed by atoms with Crippen LogP contribution in [-0.2, 0) is 11.8 Å². The quantitative estimate of drug-likeness (QED) is 0.816. The second-order valence-electron chi connectivity index (χ2n) is 3.57. The molecule has 0 fully saturated rings. The van der Waals surface area contributed by atoms with Crippen LogP contribution in [0.1, 0.15) is 17.3 Å². The van der Waals surface area contributed by atoms with Crippen molar-refractivity contribution in [2.75, 3.05) is 0 Å². The van der Waals surface area contributed by atoms with Crippen molar-refractivity contribution in [2.24, 2.45) is 7.05 Å². The molecule has 1 heterocycles. The molecule has 2 N–H and O–H groups in total. The van der Waals surface area contributed by atoms with E-state index in [1.807, 2.05) is 0 Å². The minimum Gasteiger partial charge on any atom is -0.508 e. The lowest BCUT2D eigenvalue weighted by Gasteiger charge is -2.13. The van der Waals surface area contributed by atoms with E-state index in [0.717, 1.165) is 0 Å². The van der Waals surface area contributed by atoms with Crippen molar-refractivity contribution in [1.82, 2.24) is 14.8 Å². The number of aryl methyl sites for hydroxylation is 1. The highest BCUT2D eigenvalue weighted by molar-refractivity contribution is 5.80. The number of aliphatic carboxylic acids is 1. The molecule has 0 aliphatic carbocycles. The van der Waals surface area contributed by atoms with Gasteiger partial charge in [0, 0.05) is 12.6 Å². The van der Waals surface area contributed by atoms with Gasteiger partial charge in [0.05, 0.1) is 0 Å². The lowest BCUT2D eigenvalue weighted by atomic mass is 9.97. The molecule has 1 unspecified atom stereocenters. The average molecular weight is 233 g/mol. The molecule has 1 aromatic heterocycles. The Hall–Kier alpha value is -2.37. The number of aromatic nitrogens is 3. The summed E-state index contributed by atoms with van der Waals surface area (Å²) in [5, 5.41) is 22.8. The Morgan fingerprint density at radius 1 is 1.41 bits per heavy atom. The van der Waals surface area contributed by atoms with Crippen LogP contribution in [0.3, 0.4) is 0 Å². The van der Waals surface area contributed by atoms with Crippen LogP contribution in [0.2, 0.25) is 0 Å². The highest BCUT2D eigenvalue weighted by atomic mass is 16.4. The summed E-state index contributed by atoms with van der Waals surface area (Å²) < 4.78 is 1.38. The van der Waals surface area contributed by atoms with Crippen molar-refractivity contribution in [2.45, 2.75) is 5.92 Å². The maximum absolute atomic E-state index is 11.3. The van der Waals surface area contributed by atoms with Gasteiger partial charge in [-0.25, -0.2) is 4.98 Å². The molecule has 0 radical (unpaired) electrons. The number of rotatable bonds is 3. The number of hydrogen-bond donors (Lipinski definition) is 2. The number of phenolic OH excluding ortho intramolecular Hbond substituents is 1. The van der Waals surface area contributed by atoms with Crippen LogP contribution < -0.4 is 0 Å². The summed E-state index contributed by atoms with van der Waals surface area (Å²) in [6.07, 6.45) is 1.28. The van der Waals surface area contributed by atoms with E-state index in [9.17, 15) is 15.0 Å². The van der Waals surface area contributed by atoms with Crippen molar-refractivity contribution in [3.63, 3.8) is 0 Å². The molecule has 0 spiro atoms. The Labute approximate surface area is 97.2 Å². The molecule has 17 heavy (non-hydrogen) atoms. The molecule has 88 valence electrons. The normalized spacial score (nSPS) is 12.3. The first-order chi connectivity index (χ1) is 8.11. The first-order valence-corrected chi connectivity index (χ1v) is 4.96. The van der Waals surface area contributed by atoms with Gasteiger partial charge in [-0.05, 0) is 6.07 Å². The van der Waals surface area contributed by atoms with Gasteiger partial charge in [0.15, 0.2) is 0 Å². The zero-order valence-corrected chi connectivity index (χ0v) is 9.11. The van der Waals surface area contributed by atoms with Gasteiger partial charge < -0.3 is 10.2 Å². The molecule has 1 atom stereocenters. The molecule has 2 aromatic rings. The Kier molecular flexibility index (Phi) is 2.78. The number of aromatic hydroxyl groups is 1. The van der Waals surface area contributed by atoms with Crippen molar-refractivity contribution in [3.8, 4) is 5.75 Å². The van der Waals surface area contributed by atoms with E-state index in [0.29, 0.717) is 5.56 Å². The average Bonchev–Trinajstić information content (AvgIpc) is 2.68. The molecule has 1 aromatic carbocycles. The predicted molar refractivity (Wildman–Crippen MR) is 58.6 cm³/mol. The van der Waals surface area contributed by atoms with Gasteiger partial charge in [0.2, 0.25) is 0 Å². The summed E-state index contributed by atoms with van der Waals surface area (Å²) in [5.74, 6) is -1.90. The van der Waals surface area contributed by atoms with E-state index >= 15 is 0 Å². The van der Waals surface area contributed by atoms with Crippen molar-refractivity contribution in [1.29, 1.82) is 0 Å². The van der Waals surface area contributed by atoms with Crippen LogP contribution in [0.4, 0.5) is 0 Å². The fraction of sp³-hybridized carbons (Fsp3) is 0.182. The number of para-hydroxylation sites is 1. The third kappa shape index (κ3) is 1.96. The van der Waals surface area contributed by atoms with Crippen LogP contribution >= 0.6 is 0 Å². The highest BCUT2D eigenvalue weighted by Crippen LogP contribution is 2.29. The van der Waals surface area contributed by atoms with Crippen LogP contribution in [-0.4, -0.2) is 30.9 Å². The van der Waals surface area contributed by atoms with Gasteiger partial charge >= 0.3 is 5.97 Å². The number of nitrogens with zero attached hydrogens (tertiary/aromatic N) is 3. The third-order valence-corrected chi connectivity index (χ3v) is 2.50. The van der Waals surface area contributed by atoms with Crippen molar-refractivity contribution < 1.29 is 15.0 Å². The largest absolute Gasteiger partial charge is 0.508 e. The molecule has 6 heteroatoms. The smallest absolute Gasteiger partial charge is 0.318 e. The van der Waals surface area contributed by atoms with E-state index in [2.05, 4.69) is 10.1 Å². The number of hydrogen-bond acceptors (Lipinski definition) is 4. The van der Waals surface area contributed by atoms with Crippen LogP contribution in [0.5, 0.6) is 5.75 Å². The molecule has 0 aliphatic rings. The topological polar surface area (TPSA) is 88.2 Å². The van der Waals surface area contributed by atoms with Crippen LogP contribution in [0.15, 0.2) is 30.6 Å². The molecule has 0 saturated heterocycles. The van der Waals surface area contributed by atoms with E-state index in [4.69, 9.17) is 0 Å². The van der Waals surface area contributed by atoms with E-state index in [1.165, 1.54) is 17.1 Å². The fourth-order valence-electron chi connectivity index (χ4n) is 1.68. The van der Waals surface area contributed by atoms with E-state index < -0.39 is 11.9 Å². The summed E-state index contributed by atoms with van der Waals surface area (Å²) >= 11 is 0. The molecule has 2 rings (SSSR count). The summed E-state index contributed by atoms with van der Waals surface area (Å²) in [7, 11) is 1.61. The molecular weight excluding hydrogens is 222 g/mol. The minimum atomic E-state index is -1.08. The number of phenols is 1. The first kappa shape index (κ1) is 11.1. The zero-order valence-electron chi connectivity index (χ0n) is 9.11. The zero-order chi connectivity index (χ0) is 12.4. The van der Waals surface area contributed by atoms with Gasteiger partial charge in [0.25, 0.3) is 0 Å². The number of benzene rings is 1. The van der Waals surface area contributed by atoms with Crippen LogP contribution in [0.25, 0.3) is 0 Å². The number of carboxylic acid groups (broad SMARTS) is 1. The SMILES string of the molecule is Cn1ncnc1C(C(=O)O)c1ccccc1O. The van der Waals surface area contributed by atoms with Gasteiger partial charge in [-0.1, -0.05) is 18.2 Å². The third-order valence-electron chi connectivity index (χ3n) is 2.50. The first-order valence-electron chi connectivity index (χ1n) is 4.96. The van der Waals surface area contributed by atoms with Gasteiger partial charge in [0.1, 0.15) is 23.8 Å². The maximum Gasteiger partial charge on any atom is 0.318 e. The van der Waals surface area contributed by atoms with E-state index in [-0.39, 0.29) is 11.6 Å². The molecular formula is C11H11N3O3. The number of carboxylic acids is 1. The minimum absolute atomic E-state index is 0.0668. The van der Waals surface area contributed by atoms with Gasteiger partial charge in [-0.15, -0.1) is 0 Å². The maximum atomic E-state index is 11.3. The highest BCUT2D eigenvalue weighted by Gasteiger charge is 2.28. The van der Waals surface area contributed by atoms with Gasteiger partial charge in [-0.3, -0.25) is 9.48 Å². The summed E-state index contributed by atoms with van der Waals surface area (Å²) in [6, 6.07) is 6.31. The lowest BCUT2D eigenvalue weighted by Crippen LogP contribution is -2.17. The standard InChI is InChI=1S/C11H11N3O3/c1-14-10(12-6-13-14)9(11(16)17)7-4-2-3-5-8(7)15/h2-6,9,15H,1H3,(H,16,17). The molecule has 6 nitrogen and oxygen atoms in total. The second-order valence-corrected chi connectivity index (χ2v) is 3.57. The lowest BCUT2D eigenvalue weighted by molar-refractivity contribution is -0.138. The Morgan fingerprint density at radius 2 is 2.12 bits per heavy atom. The van der Waals surface area contributed by atoms with Crippen LogP contribution in [0, 0.1) is 0 Å².